The summed E-state index contributed by atoms with van der Waals surface area (Å²) in [6.07, 6.45) is 6.20. The van der Waals surface area contributed by atoms with Gasteiger partial charge in [0.15, 0.2) is 0 Å². The summed E-state index contributed by atoms with van der Waals surface area (Å²) in [5.74, 6) is -1.06. The average molecular weight is 443 g/mol. The second-order valence-electron chi connectivity index (χ2n) is 7.69. The van der Waals surface area contributed by atoms with Crippen molar-refractivity contribution in [2.75, 3.05) is 20.2 Å². The summed E-state index contributed by atoms with van der Waals surface area (Å²) in [6.45, 7) is 0.940. The summed E-state index contributed by atoms with van der Waals surface area (Å²) in [5, 5.41) is 2.93. The van der Waals surface area contributed by atoms with Gasteiger partial charge in [-0.15, -0.1) is 0 Å². The van der Waals surface area contributed by atoms with E-state index in [0.29, 0.717) is 25.9 Å². The van der Waals surface area contributed by atoms with Crippen molar-refractivity contribution < 1.29 is 22.7 Å². The monoisotopic (exact) mass is 442 g/mol. The zero-order chi connectivity index (χ0) is 21.1. The zero-order valence-electron chi connectivity index (χ0n) is 16.6. The third kappa shape index (κ3) is 4.59. The lowest BCUT2D eigenvalue weighted by molar-refractivity contribution is -0.149. The number of methoxy groups -OCH3 is 1. The Bertz CT molecular complexity index is 875. The van der Waals surface area contributed by atoms with E-state index in [2.05, 4.69) is 5.32 Å². The van der Waals surface area contributed by atoms with E-state index in [4.69, 9.17) is 16.3 Å². The molecule has 160 valence electrons. The third-order valence-corrected chi connectivity index (χ3v) is 8.00. The average Bonchev–Trinajstić information content (AvgIpc) is 2.74. The van der Waals surface area contributed by atoms with Crippen LogP contribution in [-0.4, -0.2) is 50.3 Å². The van der Waals surface area contributed by atoms with E-state index < -0.39 is 27.4 Å². The molecule has 1 aliphatic carbocycles. The molecule has 1 N–H and O–H groups in total. The maximum Gasteiger partial charge on any atom is 0.331 e. The molecule has 0 atom stereocenters. The number of piperidine rings is 1. The summed E-state index contributed by atoms with van der Waals surface area (Å²) in [6, 6.07) is 4.13. The normalized spacial score (nSPS) is 20.1. The molecule has 2 fully saturated rings. The number of carbonyl (C=O) groups is 2. The molecule has 29 heavy (non-hydrogen) atoms. The Balaban J connectivity index is 1.89. The van der Waals surface area contributed by atoms with Gasteiger partial charge in [0.05, 0.1) is 22.6 Å². The van der Waals surface area contributed by atoms with Crippen molar-refractivity contribution in [3.05, 3.63) is 28.8 Å². The van der Waals surface area contributed by atoms with Crippen LogP contribution < -0.4 is 5.32 Å². The zero-order valence-corrected chi connectivity index (χ0v) is 18.2. The van der Waals surface area contributed by atoms with Crippen LogP contribution in [0.3, 0.4) is 0 Å². The predicted molar refractivity (Wildman–Crippen MR) is 109 cm³/mol. The van der Waals surface area contributed by atoms with E-state index in [1.807, 2.05) is 0 Å². The summed E-state index contributed by atoms with van der Waals surface area (Å²) >= 11 is 6.22. The Morgan fingerprint density at radius 1 is 1.07 bits per heavy atom. The highest BCUT2D eigenvalue weighted by molar-refractivity contribution is 7.89. The van der Waals surface area contributed by atoms with E-state index in [-0.39, 0.29) is 15.5 Å². The minimum atomic E-state index is -3.70. The Kier molecular flexibility index (Phi) is 6.86. The van der Waals surface area contributed by atoms with Crippen LogP contribution in [0.15, 0.2) is 23.1 Å². The number of rotatable bonds is 5. The lowest BCUT2D eigenvalue weighted by Gasteiger charge is -2.35. The van der Waals surface area contributed by atoms with Gasteiger partial charge in [-0.05, 0) is 43.9 Å². The highest BCUT2D eigenvalue weighted by Gasteiger charge is 2.42. The summed E-state index contributed by atoms with van der Waals surface area (Å²) in [7, 11) is -2.41. The van der Waals surface area contributed by atoms with Gasteiger partial charge in [-0.1, -0.05) is 37.3 Å². The van der Waals surface area contributed by atoms with Crippen molar-refractivity contribution in [2.45, 2.75) is 61.8 Å². The molecule has 0 bridgehead atoms. The van der Waals surface area contributed by atoms with Gasteiger partial charge < -0.3 is 10.1 Å². The lowest BCUT2D eigenvalue weighted by atomic mass is 9.81. The fourth-order valence-corrected chi connectivity index (χ4v) is 5.86. The maximum absolute atomic E-state index is 13.0. The fourth-order valence-electron chi connectivity index (χ4n) is 4.11. The first kappa shape index (κ1) is 22.1. The number of amides is 1. The molecule has 9 heteroatoms. The molecule has 1 saturated heterocycles. The summed E-state index contributed by atoms with van der Waals surface area (Å²) in [5.41, 5.74) is -1.06. The predicted octanol–water partition coefficient (Wildman–Crippen LogP) is 3.12. The number of nitrogens with one attached hydrogen (secondary N) is 1. The number of esters is 1. The van der Waals surface area contributed by atoms with Gasteiger partial charge in [0.25, 0.3) is 5.91 Å². The van der Waals surface area contributed by atoms with Gasteiger partial charge in [0.1, 0.15) is 5.54 Å². The third-order valence-electron chi connectivity index (χ3n) is 5.77. The molecule has 1 aromatic carbocycles. The second-order valence-corrected chi connectivity index (χ2v) is 10.0. The molecule has 7 nitrogen and oxygen atoms in total. The molecule has 3 rings (SSSR count). The second kappa shape index (κ2) is 9.02. The van der Waals surface area contributed by atoms with E-state index >= 15 is 0 Å². The van der Waals surface area contributed by atoms with Crippen molar-refractivity contribution in [3.63, 3.8) is 0 Å². The highest BCUT2D eigenvalue weighted by atomic mass is 35.5. The Morgan fingerprint density at radius 3 is 2.31 bits per heavy atom. The van der Waals surface area contributed by atoms with Gasteiger partial charge in [-0.25, -0.2) is 13.2 Å². The van der Waals surface area contributed by atoms with Gasteiger partial charge in [0, 0.05) is 13.1 Å². The number of ether oxygens (including phenoxy) is 1. The molecule has 0 unspecified atom stereocenters. The number of nitrogens with zero attached hydrogens (tertiary/aromatic N) is 1. The van der Waals surface area contributed by atoms with Crippen molar-refractivity contribution >= 4 is 33.5 Å². The van der Waals surface area contributed by atoms with Crippen LogP contribution in [0.5, 0.6) is 0 Å². The Labute approximate surface area is 176 Å². The van der Waals surface area contributed by atoms with Crippen molar-refractivity contribution in [1.29, 1.82) is 0 Å². The highest BCUT2D eigenvalue weighted by Crippen LogP contribution is 2.31. The van der Waals surface area contributed by atoms with Crippen LogP contribution in [0.25, 0.3) is 0 Å². The van der Waals surface area contributed by atoms with Crippen LogP contribution in [0.1, 0.15) is 61.7 Å². The van der Waals surface area contributed by atoms with E-state index in [9.17, 15) is 18.0 Å². The first-order valence-corrected chi connectivity index (χ1v) is 11.8. The van der Waals surface area contributed by atoms with Crippen LogP contribution in [0.4, 0.5) is 0 Å². The van der Waals surface area contributed by atoms with Crippen LogP contribution >= 0.6 is 11.6 Å². The number of hydrogen-bond donors (Lipinski definition) is 1. The summed E-state index contributed by atoms with van der Waals surface area (Å²) in [4.78, 5) is 25.4. The van der Waals surface area contributed by atoms with Gasteiger partial charge in [-0.2, -0.15) is 4.31 Å². The minimum absolute atomic E-state index is 0.0321. The van der Waals surface area contributed by atoms with Crippen LogP contribution in [0.2, 0.25) is 5.02 Å². The van der Waals surface area contributed by atoms with E-state index in [1.165, 1.54) is 29.6 Å². The Morgan fingerprint density at radius 2 is 1.69 bits per heavy atom. The lowest BCUT2D eigenvalue weighted by Crippen LogP contribution is -2.56. The number of sulfonamides is 1. The summed E-state index contributed by atoms with van der Waals surface area (Å²) < 4.78 is 32.3. The first-order chi connectivity index (χ1) is 13.8. The molecule has 1 saturated carbocycles. The van der Waals surface area contributed by atoms with Gasteiger partial charge >= 0.3 is 5.97 Å². The molecule has 0 aromatic heterocycles. The molecule has 1 aliphatic heterocycles. The van der Waals surface area contributed by atoms with Crippen molar-refractivity contribution in [3.8, 4) is 0 Å². The number of carbonyl (C=O) groups excluding carboxylic acids is 2. The van der Waals surface area contributed by atoms with Crippen molar-refractivity contribution in [2.24, 2.45) is 0 Å². The number of halogens is 1. The quantitative estimate of drug-likeness (QED) is 0.707. The largest absolute Gasteiger partial charge is 0.467 e. The topological polar surface area (TPSA) is 92.8 Å². The van der Waals surface area contributed by atoms with Gasteiger partial charge in [-0.3, -0.25) is 4.79 Å². The fraction of sp³-hybridized carbons (Fsp3) is 0.600. The standard InChI is InChI=1S/C20H27ClN2O5S/c1-28-19(25)20(10-4-2-5-11-20)22-18(24)16-14-15(8-9-17(16)21)29(26,27)23-12-6-3-7-13-23/h8-9,14H,2-7,10-13H2,1H3,(H,22,24). The molecule has 0 spiro atoms. The molecular formula is C20H27ClN2O5S. The maximum atomic E-state index is 13.0. The van der Waals surface area contributed by atoms with Crippen molar-refractivity contribution in [1.82, 2.24) is 9.62 Å². The molecule has 1 heterocycles. The molecule has 1 aromatic rings. The molecule has 0 radical (unpaired) electrons. The molecule has 2 aliphatic rings. The first-order valence-electron chi connectivity index (χ1n) is 10.0. The number of hydrogen-bond acceptors (Lipinski definition) is 5. The molecule has 1 amide bonds. The number of benzene rings is 1. The van der Waals surface area contributed by atoms with Crippen LogP contribution in [0, 0.1) is 0 Å². The minimum Gasteiger partial charge on any atom is -0.467 e. The molecular weight excluding hydrogens is 416 g/mol. The Hall–Kier alpha value is -1.64. The van der Waals surface area contributed by atoms with Gasteiger partial charge in [0.2, 0.25) is 10.0 Å². The van der Waals surface area contributed by atoms with E-state index in [0.717, 1.165) is 38.5 Å². The smallest absolute Gasteiger partial charge is 0.331 e. The van der Waals surface area contributed by atoms with E-state index in [1.54, 1.807) is 0 Å². The SMILES string of the molecule is COC(=O)C1(NC(=O)c2cc(S(=O)(=O)N3CCCCC3)ccc2Cl)CCCCC1. The van der Waals surface area contributed by atoms with Crippen LogP contribution in [-0.2, 0) is 19.6 Å².